The Kier molecular flexibility index (Phi) is 5.46. The Hall–Kier alpha value is -2.83. The van der Waals surface area contributed by atoms with Crippen molar-refractivity contribution in [2.24, 2.45) is 7.05 Å². The molecule has 0 aromatic carbocycles. The van der Waals surface area contributed by atoms with E-state index in [2.05, 4.69) is 22.0 Å². The van der Waals surface area contributed by atoms with E-state index >= 15 is 0 Å². The van der Waals surface area contributed by atoms with E-state index in [1.54, 1.807) is 17.1 Å². The van der Waals surface area contributed by atoms with Gasteiger partial charge in [0.05, 0.1) is 17.6 Å². The van der Waals surface area contributed by atoms with Crippen LogP contribution in [0.4, 0.5) is 10.5 Å². The first-order valence-electron chi connectivity index (χ1n) is 8.09. The third-order valence-electron chi connectivity index (χ3n) is 4.12. The summed E-state index contributed by atoms with van der Waals surface area (Å²) in [5.74, 6) is 0.107. The van der Waals surface area contributed by atoms with Gasteiger partial charge in [0.1, 0.15) is 5.69 Å². The maximum absolute atomic E-state index is 11.0. The minimum Gasteiger partial charge on any atom is -0.465 e. The molecule has 0 aliphatic rings. The summed E-state index contributed by atoms with van der Waals surface area (Å²) in [6, 6.07) is 3.93. The van der Waals surface area contributed by atoms with E-state index < -0.39 is 11.6 Å². The Bertz CT molecular complexity index is 747. The van der Waals surface area contributed by atoms with Crippen molar-refractivity contribution in [1.82, 2.24) is 20.1 Å². The average molecular weight is 343 g/mol. The predicted molar refractivity (Wildman–Crippen MR) is 98.3 cm³/mol. The Balaban J connectivity index is 2.35. The first kappa shape index (κ1) is 18.5. The SMILES string of the molecule is C=CC[C@@H](CC(C)(C)NC(=O)O)c1ccnc(-c2c(N)cnn2C)c1. The summed E-state index contributed by atoms with van der Waals surface area (Å²) in [6.45, 7) is 7.58. The van der Waals surface area contributed by atoms with Gasteiger partial charge in [-0.2, -0.15) is 5.10 Å². The van der Waals surface area contributed by atoms with E-state index in [4.69, 9.17) is 10.8 Å². The van der Waals surface area contributed by atoms with E-state index in [1.165, 1.54) is 0 Å². The van der Waals surface area contributed by atoms with Gasteiger partial charge in [-0.05, 0) is 50.3 Å². The first-order chi connectivity index (χ1) is 11.7. The Morgan fingerprint density at radius 1 is 1.56 bits per heavy atom. The minimum absolute atomic E-state index is 0.107. The van der Waals surface area contributed by atoms with Crippen molar-refractivity contribution in [3.8, 4) is 11.4 Å². The van der Waals surface area contributed by atoms with Crippen molar-refractivity contribution in [2.45, 2.75) is 38.1 Å². The number of carboxylic acid groups (broad SMARTS) is 1. The zero-order chi connectivity index (χ0) is 18.6. The largest absolute Gasteiger partial charge is 0.465 e. The minimum atomic E-state index is -1.03. The number of rotatable bonds is 7. The normalized spacial score (nSPS) is 12.6. The van der Waals surface area contributed by atoms with Crippen LogP contribution < -0.4 is 11.1 Å². The average Bonchev–Trinajstić information content (AvgIpc) is 2.84. The van der Waals surface area contributed by atoms with Gasteiger partial charge in [0, 0.05) is 18.8 Å². The molecule has 2 aromatic rings. The molecule has 1 amide bonds. The van der Waals surface area contributed by atoms with Crippen LogP contribution in [-0.4, -0.2) is 31.5 Å². The highest BCUT2D eigenvalue weighted by atomic mass is 16.4. The molecule has 7 heteroatoms. The maximum atomic E-state index is 11.0. The second-order valence-electron chi connectivity index (χ2n) is 6.79. The van der Waals surface area contributed by atoms with Crippen LogP contribution in [0.5, 0.6) is 0 Å². The van der Waals surface area contributed by atoms with Crippen LogP contribution >= 0.6 is 0 Å². The van der Waals surface area contributed by atoms with E-state index in [9.17, 15) is 4.79 Å². The second kappa shape index (κ2) is 7.38. The predicted octanol–water partition coefficient (Wildman–Crippen LogP) is 3.16. The van der Waals surface area contributed by atoms with E-state index in [0.717, 1.165) is 23.4 Å². The number of allylic oxidation sites excluding steroid dienone is 1. The topological polar surface area (TPSA) is 106 Å². The molecule has 1 atom stereocenters. The number of anilines is 1. The number of nitrogen functional groups attached to an aromatic ring is 1. The molecule has 0 fully saturated rings. The number of nitrogens with two attached hydrogens (primary N) is 1. The monoisotopic (exact) mass is 343 g/mol. The number of hydrogen-bond donors (Lipinski definition) is 3. The highest BCUT2D eigenvalue weighted by Gasteiger charge is 2.26. The van der Waals surface area contributed by atoms with Crippen LogP contribution in [0.1, 0.15) is 38.2 Å². The Morgan fingerprint density at radius 3 is 2.84 bits per heavy atom. The molecule has 0 bridgehead atoms. The molecule has 4 N–H and O–H groups in total. The summed E-state index contributed by atoms with van der Waals surface area (Å²) in [4.78, 5) is 15.4. The molecule has 2 rings (SSSR count). The zero-order valence-electron chi connectivity index (χ0n) is 14.9. The van der Waals surface area contributed by atoms with E-state index in [1.807, 2.05) is 39.1 Å². The molecule has 0 aliphatic heterocycles. The quantitative estimate of drug-likeness (QED) is 0.670. The molecule has 0 saturated carbocycles. The van der Waals surface area contributed by atoms with Crippen LogP contribution in [0.15, 0.2) is 37.2 Å². The second-order valence-corrected chi connectivity index (χ2v) is 6.79. The zero-order valence-corrected chi connectivity index (χ0v) is 14.9. The lowest BCUT2D eigenvalue weighted by Gasteiger charge is -2.29. The fraction of sp³-hybridized carbons (Fsp3) is 0.389. The van der Waals surface area contributed by atoms with Crippen molar-refractivity contribution in [3.05, 3.63) is 42.7 Å². The molecule has 25 heavy (non-hydrogen) atoms. The van der Waals surface area contributed by atoms with Gasteiger partial charge in [-0.3, -0.25) is 9.67 Å². The third-order valence-corrected chi connectivity index (χ3v) is 4.12. The molecule has 0 unspecified atom stereocenters. The lowest BCUT2D eigenvalue weighted by atomic mass is 9.84. The fourth-order valence-corrected chi connectivity index (χ4v) is 3.09. The highest BCUT2D eigenvalue weighted by molar-refractivity contribution is 5.70. The summed E-state index contributed by atoms with van der Waals surface area (Å²) in [6.07, 6.45) is 5.53. The number of amides is 1. The number of aromatic nitrogens is 3. The van der Waals surface area contributed by atoms with Gasteiger partial charge in [-0.1, -0.05) is 6.08 Å². The highest BCUT2D eigenvalue weighted by Crippen LogP contribution is 2.32. The number of nitrogens with one attached hydrogen (secondary N) is 1. The Morgan fingerprint density at radius 2 is 2.28 bits per heavy atom. The lowest BCUT2D eigenvalue weighted by Crippen LogP contribution is -2.43. The number of hydrogen-bond acceptors (Lipinski definition) is 4. The molecular weight excluding hydrogens is 318 g/mol. The van der Waals surface area contributed by atoms with Crippen LogP contribution in [0, 0.1) is 0 Å². The van der Waals surface area contributed by atoms with Crippen LogP contribution in [-0.2, 0) is 7.05 Å². The van der Waals surface area contributed by atoms with Gasteiger partial charge < -0.3 is 16.2 Å². The van der Waals surface area contributed by atoms with Crippen LogP contribution in [0.25, 0.3) is 11.4 Å². The number of carbonyl (C=O) groups is 1. The molecule has 0 saturated heterocycles. The summed E-state index contributed by atoms with van der Waals surface area (Å²) < 4.78 is 1.69. The van der Waals surface area contributed by atoms with Gasteiger partial charge in [0.2, 0.25) is 0 Å². The van der Waals surface area contributed by atoms with Gasteiger partial charge in [-0.15, -0.1) is 6.58 Å². The molecule has 0 radical (unpaired) electrons. The number of aryl methyl sites for hydroxylation is 1. The van der Waals surface area contributed by atoms with Crippen molar-refractivity contribution in [1.29, 1.82) is 0 Å². The summed E-state index contributed by atoms with van der Waals surface area (Å²) in [7, 11) is 1.82. The standard InChI is InChI=1S/C18H25N5O2/c1-5-6-13(10-18(2,3)22-17(24)25)12-7-8-20-15(9-12)16-14(19)11-21-23(16)4/h5,7-9,11,13,22H,1,6,10,19H2,2-4H3,(H,24,25)/t13-/m0/s1. The van der Waals surface area contributed by atoms with Crippen LogP contribution in [0.2, 0.25) is 0 Å². The van der Waals surface area contributed by atoms with Crippen molar-refractivity contribution in [2.75, 3.05) is 5.73 Å². The van der Waals surface area contributed by atoms with Gasteiger partial charge >= 0.3 is 6.09 Å². The van der Waals surface area contributed by atoms with Gasteiger partial charge in [-0.25, -0.2) is 4.79 Å². The number of pyridine rings is 1. The number of nitrogens with zero attached hydrogens (tertiary/aromatic N) is 3. The van der Waals surface area contributed by atoms with Crippen molar-refractivity contribution < 1.29 is 9.90 Å². The smallest absolute Gasteiger partial charge is 0.405 e. The van der Waals surface area contributed by atoms with Gasteiger partial charge in [0.15, 0.2) is 0 Å². The molecule has 2 heterocycles. The first-order valence-corrected chi connectivity index (χ1v) is 8.09. The van der Waals surface area contributed by atoms with Crippen LogP contribution in [0.3, 0.4) is 0 Å². The molecule has 7 nitrogen and oxygen atoms in total. The molecular formula is C18H25N5O2. The van der Waals surface area contributed by atoms with Gasteiger partial charge in [0.25, 0.3) is 0 Å². The summed E-state index contributed by atoms with van der Waals surface area (Å²) >= 11 is 0. The fourth-order valence-electron chi connectivity index (χ4n) is 3.09. The summed E-state index contributed by atoms with van der Waals surface area (Å²) in [5.41, 5.74) is 8.58. The van der Waals surface area contributed by atoms with Crippen molar-refractivity contribution in [3.63, 3.8) is 0 Å². The maximum Gasteiger partial charge on any atom is 0.405 e. The third kappa shape index (κ3) is 4.59. The van der Waals surface area contributed by atoms with E-state index in [-0.39, 0.29) is 5.92 Å². The molecule has 2 aromatic heterocycles. The van der Waals surface area contributed by atoms with E-state index in [0.29, 0.717) is 12.1 Å². The molecule has 0 aliphatic carbocycles. The lowest BCUT2D eigenvalue weighted by molar-refractivity contribution is 0.179. The molecule has 134 valence electrons. The molecule has 0 spiro atoms. The summed E-state index contributed by atoms with van der Waals surface area (Å²) in [5, 5.41) is 15.8. The van der Waals surface area contributed by atoms with Crippen molar-refractivity contribution >= 4 is 11.8 Å². The Labute approximate surface area is 147 Å².